The number of fused-ring (bicyclic) bond motifs is 4. The highest BCUT2D eigenvalue weighted by atomic mass is 16.3. The summed E-state index contributed by atoms with van der Waals surface area (Å²) in [7, 11) is 0. The van der Waals surface area contributed by atoms with Crippen LogP contribution in [0.3, 0.4) is 0 Å². The van der Waals surface area contributed by atoms with Crippen LogP contribution in [-0.4, -0.2) is 0 Å². The molecule has 1 aromatic heterocycles. The second-order valence-corrected chi connectivity index (χ2v) is 13.6. The van der Waals surface area contributed by atoms with E-state index in [1.807, 2.05) is 6.07 Å². The van der Waals surface area contributed by atoms with E-state index in [9.17, 15) is 0 Å². The fourth-order valence-corrected chi connectivity index (χ4v) is 8.08. The van der Waals surface area contributed by atoms with Gasteiger partial charge in [-0.15, -0.1) is 0 Å². The molecule has 0 unspecified atom stereocenters. The van der Waals surface area contributed by atoms with Crippen LogP contribution in [0.15, 0.2) is 217 Å². The maximum atomic E-state index is 6.44. The molecule has 0 aliphatic carbocycles. The Morgan fingerprint density at radius 2 is 0.852 bits per heavy atom. The zero-order chi connectivity index (χ0) is 35.8. The summed E-state index contributed by atoms with van der Waals surface area (Å²) in [5, 5.41) is 4.56. The number of rotatable bonds is 7. The van der Waals surface area contributed by atoms with Crippen LogP contribution in [0.1, 0.15) is 0 Å². The zero-order valence-electron chi connectivity index (χ0n) is 29.6. The number of hydrogen-bond donors (Lipinski definition) is 0. The summed E-state index contributed by atoms with van der Waals surface area (Å²) in [6.07, 6.45) is 0. The minimum Gasteiger partial charge on any atom is -0.456 e. The van der Waals surface area contributed by atoms with Crippen LogP contribution in [0.25, 0.3) is 77.2 Å². The molecule has 0 aliphatic rings. The molecular formula is C52H35NO. The van der Waals surface area contributed by atoms with Crippen LogP contribution < -0.4 is 4.90 Å². The van der Waals surface area contributed by atoms with Crippen LogP contribution in [0.2, 0.25) is 0 Å². The van der Waals surface area contributed by atoms with Crippen molar-refractivity contribution in [3.05, 3.63) is 212 Å². The van der Waals surface area contributed by atoms with Crippen molar-refractivity contribution >= 4 is 49.8 Å². The second kappa shape index (κ2) is 13.4. The van der Waals surface area contributed by atoms with Gasteiger partial charge >= 0.3 is 0 Å². The van der Waals surface area contributed by atoms with Crippen molar-refractivity contribution in [1.82, 2.24) is 0 Å². The molecule has 54 heavy (non-hydrogen) atoms. The van der Waals surface area contributed by atoms with Crippen molar-refractivity contribution in [2.45, 2.75) is 0 Å². The zero-order valence-corrected chi connectivity index (χ0v) is 29.6. The van der Waals surface area contributed by atoms with Gasteiger partial charge in [-0.2, -0.15) is 0 Å². The highest BCUT2D eigenvalue weighted by Crippen LogP contribution is 2.48. The Kier molecular flexibility index (Phi) is 7.85. The molecule has 254 valence electrons. The minimum atomic E-state index is 0.866. The molecule has 2 heteroatoms. The van der Waals surface area contributed by atoms with Crippen molar-refractivity contribution in [3.8, 4) is 44.5 Å². The van der Waals surface area contributed by atoms with Crippen LogP contribution in [0, 0.1) is 0 Å². The maximum Gasteiger partial charge on any atom is 0.137 e. The molecule has 0 spiro atoms. The van der Waals surface area contributed by atoms with E-state index in [4.69, 9.17) is 4.42 Å². The predicted molar refractivity (Wildman–Crippen MR) is 228 cm³/mol. The quantitative estimate of drug-likeness (QED) is 0.166. The molecule has 0 aliphatic heterocycles. The van der Waals surface area contributed by atoms with Crippen molar-refractivity contribution in [3.63, 3.8) is 0 Å². The Balaban J connectivity index is 1.24. The van der Waals surface area contributed by atoms with Gasteiger partial charge in [-0.25, -0.2) is 0 Å². The first kappa shape index (κ1) is 31.6. The Hall–Kier alpha value is -7.16. The molecule has 0 fully saturated rings. The Bertz CT molecular complexity index is 2940. The molecule has 10 rings (SSSR count). The van der Waals surface area contributed by atoms with E-state index in [2.05, 4.69) is 211 Å². The topological polar surface area (TPSA) is 16.4 Å². The van der Waals surface area contributed by atoms with Gasteiger partial charge in [0.1, 0.15) is 11.2 Å². The van der Waals surface area contributed by atoms with E-state index in [1.54, 1.807) is 0 Å². The normalized spacial score (nSPS) is 11.3. The molecule has 10 aromatic rings. The molecule has 0 bridgehead atoms. The minimum absolute atomic E-state index is 0.866. The summed E-state index contributed by atoms with van der Waals surface area (Å²) in [6.45, 7) is 0. The van der Waals surface area contributed by atoms with E-state index < -0.39 is 0 Å². The van der Waals surface area contributed by atoms with E-state index in [0.717, 1.165) is 44.6 Å². The van der Waals surface area contributed by atoms with Crippen LogP contribution in [0.4, 0.5) is 17.1 Å². The first-order valence-electron chi connectivity index (χ1n) is 18.4. The third-order valence-electron chi connectivity index (χ3n) is 10.5. The summed E-state index contributed by atoms with van der Waals surface area (Å²) in [5.41, 5.74) is 14.5. The third-order valence-corrected chi connectivity index (χ3v) is 10.5. The first-order chi connectivity index (χ1) is 26.8. The van der Waals surface area contributed by atoms with E-state index >= 15 is 0 Å². The summed E-state index contributed by atoms with van der Waals surface area (Å²) >= 11 is 0. The van der Waals surface area contributed by atoms with Gasteiger partial charge in [-0.1, -0.05) is 176 Å². The lowest BCUT2D eigenvalue weighted by Crippen LogP contribution is -2.11. The SMILES string of the molecule is c1ccc(-c2ccccc2-c2c(-c3ccccc3)cccc2-c2cccc(N(c3cccc4ccccc34)c3cccc4oc5ccccc5c34)c2)cc1. The van der Waals surface area contributed by atoms with Crippen LogP contribution in [-0.2, 0) is 0 Å². The van der Waals surface area contributed by atoms with E-state index in [1.165, 1.54) is 49.7 Å². The predicted octanol–water partition coefficient (Wildman–Crippen LogP) is 14.9. The van der Waals surface area contributed by atoms with Gasteiger partial charge < -0.3 is 9.32 Å². The molecular weight excluding hydrogens is 655 g/mol. The van der Waals surface area contributed by atoms with Crippen molar-refractivity contribution in [1.29, 1.82) is 0 Å². The van der Waals surface area contributed by atoms with Gasteiger partial charge in [0, 0.05) is 16.5 Å². The Labute approximate surface area is 314 Å². The number of nitrogens with zero attached hydrogens (tertiary/aromatic N) is 1. The Morgan fingerprint density at radius 1 is 0.333 bits per heavy atom. The molecule has 0 N–H and O–H groups in total. The van der Waals surface area contributed by atoms with E-state index in [-0.39, 0.29) is 0 Å². The fourth-order valence-electron chi connectivity index (χ4n) is 8.08. The average Bonchev–Trinajstić information content (AvgIpc) is 3.64. The molecule has 9 aromatic carbocycles. The standard InChI is InChI=1S/C52H35NO/c1-3-17-36(18-4-1)41-25-9-10-27-45(41)51-43(38-19-5-2-6-20-38)29-15-30-44(51)39-23-13-24-40(35-39)53(47-31-14-22-37-21-7-8-26-42(37)47)48-32-16-34-50-52(48)46-28-11-12-33-49(46)54-50/h1-35H. The molecule has 0 radical (unpaired) electrons. The lowest BCUT2D eigenvalue weighted by Gasteiger charge is -2.28. The number of anilines is 3. The lowest BCUT2D eigenvalue weighted by molar-refractivity contribution is 0.669. The Morgan fingerprint density at radius 3 is 1.67 bits per heavy atom. The second-order valence-electron chi connectivity index (χ2n) is 13.6. The number of furan rings is 1. The van der Waals surface area contributed by atoms with Crippen molar-refractivity contribution < 1.29 is 4.42 Å². The number of para-hydroxylation sites is 1. The van der Waals surface area contributed by atoms with Gasteiger partial charge in [0.25, 0.3) is 0 Å². The summed E-state index contributed by atoms with van der Waals surface area (Å²) in [5.74, 6) is 0. The number of hydrogen-bond acceptors (Lipinski definition) is 2. The van der Waals surface area contributed by atoms with Crippen LogP contribution in [0.5, 0.6) is 0 Å². The summed E-state index contributed by atoms with van der Waals surface area (Å²) in [4.78, 5) is 2.41. The summed E-state index contributed by atoms with van der Waals surface area (Å²) < 4.78 is 6.44. The molecule has 0 saturated carbocycles. The van der Waals surface area contributed by atoms with Gasteiger partial charge in [-0.3, -0.25) is 0 Å². The molecule has 0 saturated heterocycles. The van der Waals surface area contributed by atoms with Gasteiger partial charge in [0.15, 0.2) is 0 Å². The monoisotopic (exact) mass is 689 g/mol. The number of benzene rings is 9. The van der Waals surface area contributed by atoms with Gasteiger partial charge in [0.05, 0.1) is 16.8 Å². The largest absolute Gasteiger partial charge is 0.456 e. The first-order valence-corrected chi connectivity index (χ1v) is 18.4. The van der Waals surface area contributed by atoms with Crippen molar-refractivity contribution in [2.75, 3.05) is 4.90 Å². The van der Waals surface area contributed by atoms with Gasteiger partial charge in [0.2, 0.25) is 0 Å². The van der Waals surface area contributed by atoms with Gasteiger partial charge in [-0.05, 0) is 86.3 Å². The summed E-state index contributed by atoms with van der Waals surface area (Å²) in [6, 6.07) is 75.9. The van der Waals surface area contributed by atoms with Crippen LogP contribution >= 0.6 is 0 Å². The third kappa shape index (κ3) is 5.44. The molecule has 1 heterocycles. The lowest BCUT2D eigenvalue weighted by atomic mass is 9.84. The highest BCUT2D eigenvalue weighted by molar-refractivity contribution is 6.14. The van der Waals surface area contributed by atoms with E-state index in [0.29, 0.717) is 0 Å². The molecule has 2 nitrogen and oxygen atoms in total. The molecule has 0 atom stereocenters. The maximum absolute atomic E-state index is 6.44. The molecule has 0 amide bonds. The average molecular weight is 690 g/mol. The highest BCUT2D eigenvalue weighted by Gasteiger charge is 2.23. The smallest absolute Gasteiger partial charge is 0.137 e. The van der Waals surface area contributed by atoms with Crippen molar-refractivity contribution in [2.24, 2.45) is 0 Å². The fraction of sp³-hybridized carbons (Fsp3) is 0.